The third-order valence-electron chi connectivity index (χ3n) is 5.07. The van der Waals surface area contributed by atoms with Crippen molar-refractivity contribution >= 4 is 10.8 Å². The standard InChI is InChI=1S/C21H31N3O2/c1-25-15-16-26-21-8-7-18-5-2-3-6-19(18)20(21)17-24-13-11-23(12-14-24)10-4-9-22/h2-3,5-8H,4,9-17,22H2,1H3. The van der Waals surface area contributed by atoms with Crippen molar-refractivity contribution in [2.75, 3.05) is 59.6 Å². The van der Waals surface area contributed by atoms with Gasteiger partial charge in [0, 0.05) is 45.4 Å². The second kappa shape index (κ2) is 9.88. The van der Waals surface area contributed by atoms with Gasteiger partial charge in [-0.1, -0.05) is 30.3 Å². The molecule has 1 heterocycles. The average molecular weight is 357 g/mol. The smallest absolute Gasteiger partial charge is 0.124 e. The van der Waals surface area contributed by atoms with E-state index in [1.165, 1.54) is 16.3 Å². The summed E-state index contributed by atoms with van der Waals surface area (Å²) in [5.41, 5.74) is 6.92. The van der Waals surface area contributed by atoms with E-state index in [1.807, 2.05) is 0 Å². The van der Waals surface area contributed by atoms with Gasteiger partial charge in [-0.05, 0) is 36.3 Å². The molecule has 0 aliphatic carbocycles. The summed E-state index contributed by atoms with van der Waals surface area (Å²) in [6.07, 6.45) is 1.08. The fourth-order valence-corrected chi connectivity index (χ4v) is 3.56. The molecule has 2 aromatic rings. The molecule has 0 spiro atoms. The monoisotopic (exact) mass is 357 g/mol. The highest BCUT2D eigenvalue weighted by atomic mass is 16.5. The molecule has 0 bridgehead atoms. The highest BCUT2D eigenvalue weighted by Gasteiger charge is 2.19. The van der Waals surface area contributed by atoms with Crippen LogP contribution in [0.3, 0.4) is 0 Å². The molecular weight excluding hydrogens is 326 g/mol. The van der Waals surface area contributed by atoms with E-state index in [9.17, 15) is 0 Å². The highest BCUT2D eigenvalue weighted by Crippen LogP contribution is 2.29. The summed E-state index contributed by atoms with van der Waals surface area (Å²) >= 11 is 0. The van der Waals surface area contributed by atoms with Crippen LogP contribution in [0.25, 0.3) is 10.8 Å². The highest BCUT2D eigenvalue weighted by molar-refractivity contribution is 5.87. The second-order valence-corrected chi connectivity index (χ2v) is 6.86. The van der Waals surface area contributed by atoms with Crippen molar-refractivity contribution in [1.29, 1.82) is 0 Å². The Morgan fingerprint density at radius 1 is 0.962 bits per heavy atom. The summed E-state index contributed by atoms with van der Waals surface area (Å²) in [7, 11) is 1.70. The van der Waals surface area contributed by atoms with Crippen LogP contribution in [0.1, 0.15) is 12.0 Å². The van der Waals surface area contributed by atoms with E-state index in [1.54, 1.807) is 7.11 Å². The lowest BCUT2D eigenvalue weighted by Crippen LogP contribution is -2.46. The molecule has 2 N–H and O–H groups in total. The maximum Gasteiger partial charge on any atom is 0.124 e. The molecule has 142 valence electrons. The number of fused-ring (bicyclic) bond motifs is 1. The number of rotatable bonds is 9. The van der Waals surface area contributed by atoms with E-state index in [4.69, 9.17) is 15.2 Å². The Labute approximate surface area is 156 Å². The van der Waals surface area contributed by atoms with E-state index in [0.717, 1.165) is 58.0 Å². The average Bonchev–Trinajstić information content (AvgIpc) is 2.69. The maximum absolute atomic E-state index is 6.03. The normalized spacial score (nSPS) is 16.2. The number of benzene rings is 2. The third-order valence-corrected chi connectivity index (χ3v) is 5.07. The molecule has 0 saturated carbocycles. The van der Waals surface area contributed by atoms with Crippen LogP contribution in [0.5, 0.6) is 5.75 Å². The molecule has 0 atom stereocenters. The van der Waals surface area contributed by atoms with Crippen LogP contribution in [0.2, 0.25) is 0 Å². The van der Waals surface area contributed by atoms with Gasteiger partial charge in [0.25, 0.3) is 0 Å². The zero-order valence-electron chi connectivity index (χ0n) is 15.8. The predicted octanol–water partition coefficient (Wildman–Crippen LogP) is 2.33. The topological polar surface area (TPSA) is 51.0 Å². The molecule has 1 fully saturated rings. The first kappa shape index (κ1) is 19.1. The largest absolute Gasteiger partial charge is 0.491 e. The van der Waals surface area contributed by atoms with Gasteiger partial charge in [-0.3, -0.25) is 4.90 Å². The Balaban J connectivity index is 1.72. The minimum atomic E-state index is 0.578. The van der Waals surface area contributed by atoms with Crippen LogP contribution in [0, 0.1) is 0 Å². The Bertz CT molecular complexity index is 684. The van der Waals surface area contributed by atoms with Crippen LogP contribution in [0.4, 0.5) is 0 Å². The quantitative estimate of drug-likeness (QED) is 0.698. The Morgan fingerprint density at radius 2 is 1.73 bits per heavy atom. The van der Waals surface area contributed by atoms with Crippen molar-refractivity contribution in [3.05, 3.63) is 42.0 Å². The summed E-state index contributed by atoms with van der Waals surface area (Å²) in [6, 6.07) is 12.8. The first-order chi connectivity index (χ1) is 12.8. The lowest BCUT2D eigenvalue weighted by molar-refractivity contribution is 0.123. The summed E-state index contributed by atoms with van der Waals surface area (Å²) in [5, 5.41) is 2.55. The molecule has 0 radical (unpaired) electrons. The molecule has 1 aliphatic heterocycles. The van der Waals surface area contributed by atoms with Crippen molar-refractivity contribution in [3.63, 3.8) is 0 Å². The van der Waals surface area contributed by atoms with Gasteiger partial charge in [0.1, 0.15) is 12.4 Å². The lowest BCUT2D eigenvalue weighted by Gasteiger charge is -2.35. The molecule has 3 rings (SSSR count). The molecular formula is C21H31N3O2. The number of methoxy groups -OCH3 is 1. The zero-order valence-corrected chi connectivity index (χ0v) is 15.8. The molecule has 5 heteroatoms. The number of piperazine rings is 1. The third kappa shape index (κ3) is 4.95. The Kier molecular flexibility index (Phi) is 7.26. The van der Waals surface area contributed by atoms with Gasteiger partial charge in [-0.2, -0.15) is 0 Å². The van der Waals surface area contributed by atoms with Crippen LogP contribution in [-0.4, -0.2) is 69.4 Å². The summed E-state index contributed by atoms with van der Waals surface area (Å²) in [5.74, 6) is 0.978. The van der Waals surface area contributed by atoms with Crippen molar-refractivity contribution in [1.82, 2.24) is 9.80 Å². The van der Waals surface area contributed by atoms with Crippen molar-refractivity contribution < 1.29 is 9.47 Å². The fraction of sp³-hybridized carbons (Fsp3) is 0.524. The molecule has 5 nitrogen and oxygen atoms in total. The summed E-state index contributed by atoms with van der Waals surface area (Å²) < 4.78 is 11.2. The van der Waals surface area contributed by atoms with Crippen molar-refractivity contribution in [2.45, 2.75) is 13.0 Å². The van der Waals surface area contributed by atoms with Gasteiger partial charge in [0.2, 0.25) is 0 Å². The maximum atomic E-state index is 6.03. The Hall–Kier alpha value is -1.66. The van der Waals surface area contributed by atoms with E-state index >= 15 is 0 Å². The second-order valence-electron chi connectivity index (χ2n) is 6.86. The summed E-state index contributed by atoms with van der Waals surface area (Å²) in [4.78, 5) is 5.05. The molecule has 0 amide bonds. The number of ether oxygens (including phenoxy) is 2. The lowest BCUT2D eigenvalue weighted by atomic mass is 10.0. The first-order valence-corrected chi connectivity index (χ1v) is 9.59. The van der Waals surface area contributed by atoms with Crippen molar-refractivity contribution in [2.24, 2.45) is 5.73 Å². The van der Waals surface area contributed by atoms with Crippen LogP contribution in [-0.2, 0) is 11.3 Å². The van der Waals surface area contributed by atoms with Gasteiger partial charge in [0.15, 0.2) is 0 Å². The van der Waals surface area contributed by atoms with Crippen molar-refractivity contribution in [3.8, 4) is 5.75 Å². The number of hydrogen-bond acceptors (Lipinski definition) is 5. The van der Waals surface area contributed by atoms with Crippen LogP contribution in [0.15, 0.2) is 36.4 Å². The number of nitrogens with two attached hydrogens (primary N) is 1. The SMILES string of the molecule is COCCOc1ccc2ccccc2c1CN1CCN(CCCN)CC1. The minimum absolute atomic E-state index is 0.578. The van der Waals surface area contributed by atoms with Crippen LogP contribution < -0.4 is 10.5 Å². The van der Waals surface area contributed by atoms with Gasteiger partial charge >= 0.3 is 0 Å². The molecule has 2 aromatic carbocycles. The predicted molar refractivity (Wildman–Crippen MR) is 107 cm³/mol. The number of nitrogens with zero attached hydrogens (tertiary/aromatic N) is 2. The van der Waals surface area contributed by atoms with Crippen LogP contribution >= 0.6 is 0 Å². The summed E-state index contributed by atoms with van der Waals surface area (Å²) in [6.45, 7) is 8.41. The van der Waals surface area contributed by atoms with E-state index < -0.39 is 0 Å². The van der Waals surface area contributed by atoms with Gasteiger partial charge in [-0.25, -0.2) is 0 Å². The molecule has 1 aliphatic rings. The van der Waals surface area contributed by atoms with Gasteiger partial charge < -0.3 is 20.1 Å². The molecule has 0 aromatic heterocycles. The molecule has 26 heavy (non-hydrogen) atoms. The van der Waals surface area contributed by atoms with E-state index in [0.29, 0.717) is 13.2 Å². The fourth-order valence-electron chi connectivity index (χ4n) is 3.56. The minimum Gasteiger partial charge on any atom is -0.491 e. The van der Waals surface area contributed by atoms with Gasteiger partial charge in [0.05, 0.1) is 6.61 Å². The zero-order chi connectivity index (χ0) is 18.2. The van der Waals surface area contributed by atoms with E-state index in [-0.39, 0.29) is 0 Å². The molecule has 0 unspecified atom stereocenters. The first-order valence-electron chi connectivity index (χ1n) is 9.59. The van der Waals surface area contributed by atoms with Gasteiger partial charge in [-0.15, -0.1) is 0 Å². The van der Waals surface area contributed by atoms with E-state index in [2.05, 4.69) is 46.2 Å². The number of hydrogen-bond donors (Lipinski definition) is 1. The molecule has 1 saturated heterocycles. The Morgan fingerprint density at radius 3 is 2.50 bits per heavy atom.